The first kappa shape index (κ1) is 9.61. The molecule has 4 heteroatoms. The Morgan fingerprint density at radius 3 is 2.57 bits per heavy atom. The van der Waals surface area contributed by atoms with Gasteiger partial charge >= 0.3 is 0 Å². The van der Waals surface area contributed by atoms with Crippen LogP contribution in [0.15, 0.2) is 24.3 Å². The number of benzene rings is 1. The molecule has 0 saturated carbocycles. The maximum absolute atomic E-state index is 9.71. The Bertz CT molecular complexity index is 336. The van der Waals surface area contributed by atoms with Crippen molar-refractivity contribution in [2.75, 3.05) is 14.2 Å². The number of methoxy groups -OCH3 is 2. The maximum atomic E-state index is 9.71. The molecule has 14 heavy (non-hydrogen) atoms. The molecule has 0 bridgehead atoms. The van der Waals surface area contributed by atoms with Gasteiger partial charge in [-0.1, -0.05) is 24.3 Å². The van der Waals surface area contributed by atoms with Gasteiger partial charge in [0.2, 0.25) is 0 Å². The van der Waals surface area contributed by atoms with Crippen LogP contribution in [0, 0.1) is 0 Å². The van der Waals surface area contributed by atoms with Crippen molar-refractivity contribution in [1.82, 2.24) is 5.32 Å². The second-order valence-corrected chi connectivity index (χ2v) is 3.16. The fourth-order valence-electron chi connectivity index (χ4n) is 1.79. The van der Waals surface area contributed by atoms with Crippen LogP contribution in [0.2, 0.25) is 0 Å². The molecule has 1 aromatic rings. The predicted molar refractivity (Wildman–Crippen MR) is 50.2 cm³/mol. The molecule has 0 saturated heterocycles. The van der Waals surface area contributed by atoms with Gasteiger partial charge in [-0.25, -0.2) is 5.32 Å². The quantitative estimate of drug-likeness (QED) is 0.681. The average Bonchev–Trinajstić information content (AvgIpc) is 2.53. The second-order valence-electron chi connectivity index (χ2n) is 3.16. The van der Waals surface area contributed by atoms with E-state index in [0.29, 0.717) is 0 Å². The minimum Gasteiger partial charge on any atom is -0.374 e. The third-order valence-corrected chi connectivity index (χ3v) is 2.51. The molecule has 1 aliphatic rings. The van der Waals surface area contributed by atoms with Crippen molar-refractivity contribution < 1.29 is 14.6 Å². The number of hydrogen-bond acceptors (Lipinski definition) is 4. The Kier molecular flexibility index (Phi) is 2.28. The molecule has 1 aliphatic heterocycles. The summed E-state index contributed by atoms with van der Waals surface area (Å²) in [7, 11) is 3.07. The monoisotopic (exact) mass is 195 g/mol. The van der Waals surface area contributed by atoms with Gasteiger partial charge in [-0.05, 0) is 0 Å². The predicted octanol–water partition coefficient (Wildman–Crippen LogP) is 0.684. The molecule has 0 radical (unpaired) electrons. The van der Waals surface area contributed by atoms with Crippen molar-refractivity contribution in [3.8, 4) is 0 Å². The first-order valence-electron chi connectivity index (χ1n) is 4.39. The molecule has 2 rings (SSSR count). The molecule has 1 unspecified atom stereocenters. The summed E-state index contributed by atoms with van der Waals surface area (Å²) in [5.41, 5.74) is 1.61. The number of ether oxygens (including phenoxy) is 2. The number of fused-ring (bicyclic) bond motifs is 1. The van der Waals surface area contributed by atoms with Crippen molar-refractivity contribution >= 4 is 0 Å². The Hall–Kier alpha value is -0.940. The summed E-state index contributed by atoms with van der Waals surface area (Å²) in [6, 6.07) is 7.45. The van der Waals surface area contributed by atoms with Gasteiger partial charge in [-0.3, -0.25) is 0 Å². The molecule has 0 aliphatic carbocycles. The van der Waals surface area contributed by atoms with Gasteiger partial charge in [0, 0.05) is 25.3 Å². The van der Waals surface area contributed by atoms with E-state index in [-0.39, 0.29) is 0 Å². The third kappa shape index (κ3) is 1.16. The van der Waals surface area contributed by atoms with Gasteiger partial charge in [0.25, 0.3) is 5.91 Å². The van der Waals surface area contributed by atoms with E-state index in [0.717, 1.165) is 11.1 Å². The zero-order valence-corrected chi connectivity index (χ0v) is 8.15. The molecule has 76 valence electrons. The normalized spacial score (nSPS) is 23.5. The molecule has 1 aromatic carbocycles. The summed E-state index contributed by atoms with van der Waals surface area (Å²) >= 11 is 0. The summed E-state index contributed by atoms with van der Waals surface area (Å²) in [5.74, 6) is -1.02. The number of rotatable bonds is 2. The average molecular weight is 195 g/mol. The zero-order valence-electron chi connectivity index (χ0n) is 8.15. The molecule has 1 atom stereocenters. The van der Waals surface area contributed by atoms with E-state index in [1.165, 1.54) is 14.2 Å². The molecule has 0 amide bonds. The second kappa shape index (κ2) is 3.33. The lowest BCUT2D eigenvalue weighted by Gasteiger charge is -2.27. The number of aliphatic hydroxyl groups excluding tert-OH is 1. The SMILES string of the molecule is COC1(OC)NC(O)c2ccccc21. The number of hydrogen-bond donors (Lipinski definition) is 2. The van der Waals surface area contributed by atoms with Crippen LogP contribution in [0.5, 0.6) is 0 Å². The molecule has 4 nitrogen and oxygen atoms in total. The molecule has 1 heterocycles. The minimum atomic E-state index is -1.02. The highest BCUT2D eigenvalue weighted by molar-refractivity contribution is 5.36. The molecule has 0 spiro atoms. The first-order chi connectivity index (χ1) is 6.73. The fraction of sp³-hybridized carbons (Fsp3) is 0.400. The van der Waals surface area contributed by atoms with E-state index < -0.39 is 12.1 Å². The molecular weight excluding hydrogens is 182 g/mol. The van der Waals surface area contributed by atoms with Crippen molar-refractivity contribution in [1.29, 1.82) is 0 Å². The summed E-state index contributed by atoms with van der Waals surface area (Å²) in [6.45, 7) is 0. The largest absolute Gasteiger partial charge is 0.374 e. The van der Waals surface area contributed by atoms with Gasteiger partial charge < -0.3 is 14.6 Å². The van der Waals surface area contributed by atoms with Crippen LogP contribution in [-0.2, 0) is 15.4 Å². The zero-order chi connectivity index (χ0) is 10.2. The van der Waals surface area contributed by atoms with Crippen LogP contribution in [-0.4, -0.2) is 19.3 Å². The van der Waals surface area contributed by atoms with E-state index in [1.54, 1.807) is 0 Å². The number of aliphatic hydroxyl groups is 1. The smallest absolute Gasteiger partial charge is 0.257 e. The van der Waals surface area contributed by atoms with Crippen molar-refractivity contribution in [2.45, 2.75) is 12.1 Å². The number of nitrogens with one attached hydrogen (secondary N) is 1. The molecule has 0 aromatic heterocycles. The van der Waals surface area contributed by atoms with E-state index in [1.807, 2.05) is 24.3 Å². The first-order valence-corrected chi connectivity index (χ1v) is 4.39. The van der Waals surface area contributed by atoms with Gasteiger partial charge in [-0.15, -0.1) is 0 Å². The molecule has 2 N–H and O–H groups in total. The summed E-state index contributed by atoms with van der Waals surface area (Å²) in [5, 5.41) is 12.6. The minimum absolute atomic E-state index is 0.744. The van der Waals surface area contributed by atoms with Gasteiger partial charge in [0.05, 0.1) is 0 Å². The lowest BCUT2D eigenvalue weighted by Crippen LogP contribution is -2.41. The summed E-state index contributed by atoms with van der Waals surface area (Å²) < 4.78 is 10.5. The van der Waals surface area contributed by atoms with Crippen LogP contribution in [0.25, 0.3) is 0 Å². The highest BCUT2D eigenvalue weighted by Crippen LogP contribution is 2.36. The topological polar surface area (TPSA) is 50.7 Å². The molecular formula is C10H13NO3. The van der Waals surface area contributed by atoms with Crippen LogP contribution >= 0.6 is 0 Å². The Balaban J connectivity index is 2.52. The highest BCUT2D eigenvalue weighted by Gasteiger charge is 2.43. The van der Waals surface area contributed by atoms with Crippen LogP contribution in [0.4, 0.5) is 0 Å². The fourth-order valence-corrected chi connectivity index (χ4v) is 1.79. The van der Waals surface area contributed by atoms with E-state index in [9.17, 15) is 5.11 Å². The lowest BCUT2D eigenvalue weighted by molar-refractivity contribution is -0.243. The van der Waals surface area contributed by atoms with Crippen LogP contribution in [0.3, 0.4) is 0 Å². The Morgan fingerprint density at radius 2 is 1.93 bits per heavy atom. The van der Waals surface area contributed by atoms with E-state index >= 15 is 0 Å². The van der Waals surface area contributed by atoms with Crippen LogP contribution < -0.4 is 5.32 Å². The van der Waals surface area contributed by atoms with Crippen molar-refractivity contribution in [3.63, 3.8) is 0 Å². The summed E-state index contributed by atoms with van der Waals surface area (Å²) in [6.07, 6.45) is -0.744. The molecule has 0 fully saturated rings. The van der Waals surface area contributed by atoms with E-state index in [2.05, 4.69) is 5.32 Å². The van der Waals surface area contributed by atoms with Gasteiger partial charge in [0.1, 0.15) is 6.23 Å². The summed E-state index contributed by atoms with van der Waals surface area (Å²) in [4.78, 5) is 0. The van der Waals surface area contributed by atoms with Crippen molar-refractivity contribution in [2.24, 2.45) is 0 Å². The van der Waals surface area contributed by atoms with Gasteiger partial charge in [0.15, 0.2) is 0 Å². The standard InChI is InChI=1S/C10H13NO3/c1-13-10(14-2)8-6-4-3-5-7(8)9(12)11-10/h3-6,9,11-12H,1-2H3. The van der Waals surface area contributed by atoms with Crippen molar-refractivity contribution in [3.05, 3.63) is 35.4 Å². The third-order valence-electron chi connectivity index (χ3n) is 2.51. The lowest BCUT2D eigenvalue weighted by atomic mass is 10.1. The Morgan fingerprint density at radius 1 is 1.29 bits per heavy atom. The Labute approximate surface area is 82.5 Å². The van der Waals surface area contributed by atoms with Crippen LogP contribution in [0.1, 0.15) is 17.4 Å². The maximum Gasteiger partial charge on any atom is 0.257 e. The van der Waals surface area contributed by atoms with E-state index in [4.69, 9.17) is 9.47 Å². The van der Waals surface area contributed by atoms with Gasteiger partial charge in [-0.2, -0.15) is 0 Å². The highest BCUT2D eigenvalue weighted by atomic mass is 16.7.